The van der Waals surface area contributed by atoms with Crippen molar-refractivity contribution in [2.24, 2.45) is 0 Å². The average Bonchev–Trinajstić information content (AvgIpc) is 2.90. The van der Waals surface area contributed by atoms with Crippen molar-refractivity contribution in [1.29, 1.82) is 0 Å². The van der Waals surface area contributed by atoms with Crippen LogP contribution >= 0.6 is 0 Å². The first-order valence-corrected chi connectivity index (χ1v) is 6.79. The second-order valence-corrected chi connectivity index (χ2v) is 4.82. The van der Waals surface area contributed by atoms with Crippen LogP contribution in [-0.4, -0.2) is 21.9 Å². The maximum absolute atomic E-state index is 12.1. The molecule has 1 unspecified atom stereocenters. The number of fused-ring (bicyclic) bond motifs is 1. The van der Waals surface area contributed by atoms with Crippen LogP contribution in [-0.2, 0) is 4.79 Å². The number of hydrogen-bond donors (Lipinski definition) is 3. The number of H-pyrrole nitrogens is 1. The fourth-order valence-corrected chi connectivity index (χ4v) is 2.06. The van der Waals surface area contributed by atoms with Crippen LogP contribution in [0.25, 0.3) is 11.0 Å². The molecule has 0 saturated heterocycles. The van der Waals surface area contributed by atoms with Gasteiger partial charge in [-0.2, -0.15) is 0 Å². The first kappa shape index (κ1) is 13.2. The Morgan fingerprint density at radius 2 is 1.81 bits per heavy atom. The monoisotopic (exact) mass is 280 g/mol. The normalized spacial score (nSPS) is 12.0. The highest BCUT2D eigenvalue weighted by Gasteiger charge is 2.14. The van der Waals surface area contributed by atoms with Crippen molar-refractivity contribution in [1.82, 2.24) is 9.97 Å². The van der Waals surface area contributed by atoms with Crippen molar-refractivity contribution in [2.75, 3.05) is 10.6 Å². The van der Waals surface area contributed by atoms with Crippen LogP contribution in [0.5, 0.6) is 0 Å². The zero-order valence-electron chi connectivity index (χ0n) is 11.6. The Kier molecular flexibility index (Phi) is 3.55. The highest BCUT2D eigenvalue weighted by molar-refractivity contribution is 5.96. The number of nitrogens with zero attached hydrogens (tertiary/aromatic N) is 1. The largest absolute Gasteiger partial charge is 0.344 e. The highest BCUT2D eigenvalue weighted by atomic mass is 16.2. The molecule has 2 aromatic carbocycles. The van der Waals surface area contributed by atoms with E-state index in [4.69, 9.17) is 0 Å². The van der Waals surface area contributed by atoms with Crippen LogP contribution in [0.4, 0.5) is 11.6 Å². The van der Waals surface area contributed by atoms with Gasteiger partial charge in [0.05, 0.1) is 11.0 Å². The van der Waals surface area contributed by atoms with Crippen molar-refractivity contribution >= 4 is 28.6 Å². The molecule has 21 heavy (non-hydrogen) atoms. The van der Waals surface area contributed by atoms with Crippen molar-refractivity contribution in [2.45, 2.75) is 13.0 Å². The fourth-order valence-electron chi connectivity index (χ4n) is 2.06. The fraction of sp³-hybridized carbons (Fsp3) is 0.125. The van der Waals surface area contributed by atoms with Crippen LogP contribution in [0.2, 0.25) is 0 Å². The molecule has 106 valence electrons. The maximum atomic E-state index is 12.1. The third-order valence-corrected chi connectivity index (χ3v) is 3.18. The quantitative estimate of drug-likeness (QED) is 0.688. The van der Waals surface area contributed by atoms with E-state index in [1.807, 2.05) is 54.6 Å². The number of carbonyl (C=O) groups excluding carboxylic acids is 1. The lowest BCUT2D eigenvalue weighted by Crippen LogP contribution is -2.32. The summed E-state index contributed by atoms with van der Waals surface area (Å²) in [6, 6.07) is 16.7. The van der Waals surface area contributed by atoms with E-state index in [9.17, 15) is 4.79 Å². The van der Waals surface area contributed by atoms with Crippen molar-refractivity contribution in [3.8, 4) is 0 Å². The molecule has 0 aliphatic carbocycles. The summed E-state index contributed by atoms with van der Waals surface area (Å²) in [5.74, 6) is 0.480. The molecular formula is C16H16N4O. The Bertz CT molecular complexity index is 718. The van der Waals surface area contributed by atoms with Gasteiger partial charge in [-0.25, -0.2) is 4.98 Å². The number of nitrogens with one attached hydrogen (secondary N) is 3. The SMILES string of the molecule is CC(Nc1nc2ccccc2[nH]1)C(=O)Nc1ccccc1. The van der Waals surface area contributed by atoms with Gasteiger partial charge in [0.1, 0.15) is 6.04 Å². The standard InChI is InChI=1S/C16H16N4O/c1-11(15(21)18-12-7-3-2-4-8-12)17-16-19-13-9-5-6-10-14(13)20-16/h2-11H,1H3,(H,18,21)(H2,17,19,20). The molecule has 3 N–H and O–H groups in total. The zero-order valence-corrected chi connectivity index (χ0v) is 11.6. The van der Waals surface area contributed by atoms with Crippen LogP contribution in [0, 0.1) is 0 Å². The summed E-state index contributed by atoms with van der Waals surface area (Å²) < 4.78 is 0. The molecule has 0 aliphatic heterocycles. The maximum Gasteiger partial charge on any atom is 0.246 e. The van der Waals surface area contributed by atoms with Crippen molar-refractivity contribution < 1.29 is 4.79 Å². The molecule has 1 atom stereocenters. The molecule has 5 nitrogen and oxygen atoms in total. The van der Waals surface area contributed by atoms with Gasteiger partial charge in [-0.1, -0.05) is 30.3 Å². The van der Waals surface area contributed by atoms with Crippen LogP contribution in [0.1, 0.15) is 6.92 Å². The smallest absolute Gasteiger partial charge is 0.246 e. The Morgan fingerprint density at radius 1 is 1.10 bits per heavy atom. The highest BCUT2D eigenvalue weighted by Crippen LogP contribution is 2.14. The third kappa shape index (κ3) is 3.02. The number of amides is 1. The molecule has 0 spiro atoms. The average molecular weight is 280 g/mol. The topological polar surface area (TPSA) is 69.8 Å². The van der Waals surface area contributed by atoms with E-state index in [0.29, 0.717) is 5.95 Å². The number of para-hydroxylation sites is 3. The summed E-state index contributed by atoms with van der Waals surface area (Å²) in [6.07, 6.45) is 0. The number of imidazole rings is 1. The summed E-state index contributed by atoms with van der Waals surface area (Å²) in [4.78, 5) is 19.7. The Hall–Kier alpha value is -2.82. The van der Waals surface area contributed by atoms with E-state index < -0.39 is 6.04 Å². The van der Waals surface area contributed by atoms with Gasteiger partial charge in [0, 0.05) is 5.69 Å². The Morgan fingerprint density at radius 3 is 2.57 bits per heavy atom. The number of hydrogen-bond acceptors (Lipinski definition) is 3. The van der Waals surface area contributed by atoms with Crippen LogP contribution in [0.15, 0.2) is 54.6 Å². The van der Waals surface area contributed by atoms with E-state index in [1.165, 1.54) is 0 Å². The molecule has 3 rings (SSSR count). The molecule has 0 fully saturated rings. The molecule has 5 heteroatoms. The van der Waals surface area contributed by atoms with Gasteiger partial charge in [0.25, 0.3) is 0 Å². The van der Waals surface area contributed by atoms with Gasteiger partial charge in [-0.05, 0) is 31.2 Å². The molecule has 0 aliphatic rings. The van der Waals surface area contributed by atoms with Gasteiger partial charge in [0.15, 0.2) is 0 Å². The third-order valence-electron chi connectivity index (χ3n) is 3.18. The van der Waals surface area contributed by atoms with Gasteiger partial charge in [0.2, 0.25) is 11.9 Å². The van der Waals surface area contributed by atoms with Gasteiger partial charge in [-0.3, -0.25) is 4.79 Å². The minimum absolute atomic E-state index is 0.110. The lowest BCUT2D eigenvalue weighted by molar-refractivity contribution is -0.116. The number of benzene rings is 2. The van der Waals surface area contributed by atoms with Crippen molar-refractivity contribution in [3.05, 3.63) is 54.6 Å². The molecule has 0 bridgehead atoms. The first-order chi connectivity index (χ1) is 10.2. The molecule has 3 aromatic rings. The first-order valence-electron chi connectivity index (χ1n) is 6.79. The van der Waals surface area contributed by atoms with Crippen LogP contribution in [0.3, 0.4) is 0 Å². The second-order valence-electron chi connectivity index (χ2n) is 4.82. The molecule has 0 radical (unpaired) electrons. The van der Waals surface area contributed by atoms with E-state index in [2.05, 4.69) is 20.6 Å². The van der Waals surface area contributed by atoms with Gasteiger partial charge >= 0.3 is 0 Å². The summed E-state index contributed by atoms with van der Waals surface area (Å²) >= 11 is 0. The summed E-state index contributed by atoms with van der Waals surface area (Å²) in [6.45, 7) is 1.80. The minimum Gasteiger partial charge on any atom is -0.344 e. The summed E-state index contributed by atoms with van der Waals surface area (Å²) in [5.41, 5.74) is 2.59. The zero-order chi connectivity index (χ0) is 14.7. The number of rotatable bonds is 4. The van der Waals surface area contributed by atoms with E-state index in [-0.39, 0.29) is 5.91 Å². The summed E-state index contributed by atoms with van der Waals surface area (Å²) in [5, 5.41) is 5.93. The lowest BCUT2D eigenvalue weighted by atomic mass is 10.3. The van der Waals surface area contributed by atoms with E-state index in [1.54, 1.807) is 6.92 Å². The number of aromatic nitrogens is 2. The van der Waals surface area contributed by atoms with E-state index >= 15 is 0 Å². The second kappa shape index (κ2) is 5.66. The molecular weight excluding hydrogens is 264 g/mol. The van der Waals surface area contributed by atoms with Gasteiger partial charge < -0.3 is 15.6 Å². The summed E-state index contributed by atoms with van der Waals surface area (Å²) in [7, 11) is 0. The minimum atomic E-state index is -0.397. The number of aromatic amines is 1. The predicted molar refractivity (Wildman–Crippen MR) is 84.3 cm³/mol. The molecule has 1 aromatic heterocycles. The number of anilines is 2. The molecule has 1 amide bonds. The predicted octanol–water partition coefficient (Wildman–Crippen LogP) is 3.00. The van der Waals surface area contributed by atoms with E-state index in [0.717, 1.165) is 16.7 Å². The Labute approximate surface area is 122 Å². The van der Waals surface area contributed by atoms with Gasteiger partial charge in [-0.15, -0.1) is 0 Å². The van der Waals surface area contributed by atoms with Crippen LogP contribution < -0.4 is 10.6 Å². The van der Waals surface area contributed by atoms with Crippen molar-refractivity contribution in [3.63, 3.8) is 0 Å². The molecule has 0 saturated carbocycles. The Balaban J connectivity index is 1.67. The molecule has 1 heterocycles. The number of carbonyl (C=O) groups is 1. The lowest BCUT2D eigenvalue weighted by Gasteiger charge is -2.13.